The summed E-state index contributed by atoms with van der Waals surface area (Å²) < 4.78 is 0. The van der Waals surface area contributed by atoms with Crippen molar-refractivity contribution in [3.63, 3.8) is 0 Å². The Labute approximate surface area is 135 Å². The van der Waals surface area contributed by atoms with Crippen LogP contribution in [0.5, 0.6) is 0 Å². The molecule has 0 atom stereocenters. The van der Waals surface area contributed by atoms with Gasteiger partial charge < -0.3 is 4.98 Å². The molecule has 1 aromatic carbocycles. The first-order valence-electron chi connectivity index (χ1n) is 7.29. The van der Waals surface area contributed by atoms with E-state index in [2.05, 4.69) is 55.1 Å². The van der Waals surface area contributed by atoms with E-state index in [1.807, 2.05) is 12.2 Å². The van der Waals surface area contributed by atoms with Crippen LogP contribution in [0, 0.1) is 13.8 Å². The number of rotatable bonds is 7. The summed E-state index contributed by atoms with van der Waals surface area (Å²) in [5.74, 6) is 0. The smallest absolute Gasteiger partial charge is 0.305 e. The molecule has 2 rings (SSSR count). The number of nitrogens with zero attached hydrogens (tertiary/aromatic N) is 1. The standard InChI is InChI=1S/C18H22N2OS/c1-5-9-20(10-6-2)12-16-17(19-18(21)22-16)15-8-7-13(3)11-14(15)4/h5-8,11H,1-2,9-10,12H2,3-4H3,(H,19,21). The third kappa shape index (κ3) is 3.84. The van der Waals surface area contributed by atoms with Gasteiger partial charge in [0.05, 0.1) is 5.69 Å². The number of thiazole rings is 1. The van der Waals surface area contributed by atoms with E-state index in [9.17, 15) is 4.79 Å². The highest BCUT2D eigenvalue weighted by Crippen LogP contribution is 2.28. The van der Waals surface area contributed by atoms with Crippen molar-refractivity contribution < 1.29 is 0 Å². The number of aromatic nitrogens is 1. The summed E-state index contributed by atoms with van der Waals surface area (Å²) in [6, 6.07) is 6.30. The minimum absolute atomic E-state index is 0.0119. The molecule has 4 heteroatoms. The predicted octanol–water partition coefficient (Wildman–Crippen LogP) is 3.89. The maximum Gasteiger partial charge on any atom is 0.305 e. The Morgan fingerprint density at radius 1 is 1.23 bits per heavy atom. The molecule has 0 bridgehead atoms. The van der Waals surface area contributed by atoms with E-state index < -0.39 is 0 Å². The van der Waals surface area contributed by atoms with Crippen molar-refractivity contribution in [3.05, 3.63) is 69.2 Å². The molecule has 1 heterocycles. The maximum atomic E-state index is 11.9. The Morgan fingerprint density at radius 2 is 1.91 bits per heavy atom. The minimum Gasteiger partial charge on any atom is -0.312 e. The van der Waals surface area contributed by atoms with Gasteiger partial charge in [0.2, 0.25) is 0 Å². The second-order valence-corrected chi connectivity index (χ2v) is 6.47. The minimum atomic E-state index is -0.0119. The van der Waals surface area contributed by atoms with Gasteiger partial charge in [-0.2, -0.15) is 0 Å². The van der Waals surface area contributed by atoms with E-state index in [4.69, 9.17) is 0 Å². The largest absolute Gasteiger partial charge is 0.312 e. The zero-order valence-electron chi connectivity index (χ0n) is 13.2. The molecule has 0 aliphatic rings. The molecular weight excluding hydrogens is 292 g/mol. The lowest BCUT2D eigenvalue weighted by atomic mass is 10.0. The Morgan fingerprint density at radius 3 is 2.50 bits per heavy atom. The fourth-order valence-electron chi connectivity index (χ4n) is 2.56. The van der Waals surface area contributed by atoms with Gasteiger partial charge in [0.1, 0.15) is 0 Å². The lowest BCUT2D eigenvalue weighted by molar-refractivity contribution is 0.331. The fourth-order valence-corrected chi connectivity index (χ4v) is 3.44. The molecule has 1 N–H and O–H groups in total. The van der Waals surface area contributed by atoms with Crippen molar-refractivity contribution in [2.45, 2.75) is 20.4 Å². The molecular formula is C18H22N2OS. The van der Waals surface area contributed by atoms with Gasteiger partial charge in [-0.3, -0.25) is 9.69 Å². The normalized spacial score (nSPS) is 10.9. The number of aromatic amines is 1. The van der Waals surface area contributed by atoms with Crippen molar-refractivity contribution in [3.8, 4) is 11.3 Å². The molecule has 0 aliphatic heterocycles. The third-order valence-corrected chi connectivity index (χ3v) is 4.38. The highest BCUT2D eigenvalue weighted by atomic mass is 32.1. The van der Waals surface area contributed by atoms with Crippen molar-refractivity contribution in [2.75, 3.05) is 13.1 Å². The molecule has 22 heavy (non-hydrogen) atoms. The van der Waals surface area contributed by atoms with Crippen molar-refractivity contribution >= 4 is 11.3 Å². The van der Waals surface area contributed by atoms with Crippen LogP contribution in [0.3, 0.4) is 0 Å². The van der Waals surface area contributed by atoms with Crippen LogP contribution < -0.4 is 4.87 Å². The van der Waals surface area contributed by atoms with Crippen molar-refractivity contribution in [2.24, 2.45) is 0 Å². The number of hydrogen-bond donors (Lipinski definition) is 1. The van der Waals surface area contributed by atoms with Crippen LogP contribution in [0.15, 0.2) is 48.3 Å². The molecule has 0 radical (unpaired) electrons. The first-order chi connectivity index (χ1) is 10.5. The average molecular weight is 314 g/mol. The molecule has 0 amide bonds. The van der Waals surface area contributed by atoms with Gasteiger partial charge in [-0.25, -0.2) is 0 Å². The average Bonchev–Trinajstić information content (AvgIpc) is 2.80. The van der Waals surface area contributed by atoms with E-state index >= 15 is 0 Å². The maximum absolute atomic E-state index is 11.9. The lowest BCUT2D eigenvalue weighted by Crippen LogP contribution is -2.23. The summed E-state index contributed by atoms with van der Waals surface area (Å²) in [4.78, 5) is 18.1. The molecule has 2 aromatic rings. The Kier molecular flexibility index (Phi) is 5.52. The second kappa shape index (κ2) is 7.38. The molecule has 3 nitrogen and oxygen atoms in total. The Balaban J connectivity index is 2.39. The highest BCUT2D eigenvalue weighted by Gasteiger charge is 2.14. The zero-order chi connectivity index (χ0) is 16.1. The molecule has 0 saturated carbocycles. The first-order valence-corrected chi connectivity index (χ1v) is 8.10. The van der Waals surface area contributed by atoms with Gasteiger partial charge in [0.15, 0.2) is 0 Å². The fraction of sp³-hybridized carbons (Fsp3) is 0.278. The topological polar surface area (TPSA) is 36.1 Å². The summed E-state index contributed by atoms with van der Waals surface area (Å²) in [6.45, 7) is 14.0. The molecule has 0 spiro atoms. The summed E-state index contributed by atoms with van der Waals surface area (Å²) in [5, 5.41) is 0. The lowest BCUT2D eigenvalue weighted by Gasteiger charge is -2.18. The van der Waals surface area contributed by atoms with E-state index in [1.165, 1.54) is 22.5 Å². The number of hydrogen-bond acceptors (Lipinski definition) is 3. The van der Waals surface area contributed by atoms with Gasteiger partial charge >= 0.3 is 4.87 Å². The number of H-pyrrole nitrogens is 1. The first kappa shape index (κ1) is 16.5. The van der Waals surface area contributed by atoms with Gasteiger partial charge in [0, 0.05) is 30.1 Å². The number of nitrogens with one attached hydrogen (secondary N) is 1. The zero-order valence-corrected chi connectivity index (χ0v) is 14.0. The summed E-state index contributed by atoms with van der Waals surface area (Å²) in [5.41, 5.74) is 4.43. The van der Waals surface area contributed by atoms with Gasteiger partial charge in [0.25, 0.3) is 0 Å². The predicted molar refractivity (Wildman–Crippen MR) is 95.5 cm³/mol. The highest BCUT2D eigenvalue weighted by molar-refractivity contribution is 7.09. The van der Waals surface area contributed by atoms with Crippen molar-refractivity contribution in [1.29, 1.82) is 0 Å². The molecule has 0 unspecified atom stereocenters. The van der Waals surface area contributed by atoms with E-state index in [-0.39, 0.29) is 4.87 Å². The Bertz CT molecular complexity index is 717. The quantitative estimate of drug-likeness (QED) is 0.787. The van der Waals surface area contributed by atoms with Gasteiger partial charge in [-0.1, -0.05) is 47.3 Å². The van der Waals surface area contributed by atoms with E-state index in [0.29, 0.717) is 6.54 Å². The van der Waals surface area contributed by atoms with Crippen LogP contribution in [0.1, 0.15) is 16.0 Å². The van der Waals surface area contributed by atoms with Crippen LogP contribution in [-0.4, -0.2) is 23.0 Å². The van der Waals surface area contributed by atoms with Gasteiger partial charge in [-0.15, -0.1) is 13.2 Å². The van der Waals surface area contributed by atoms with Gasteiger partial charge in [-0.05, 0) is 19.4 Å². The summed E-state index contributed by atoms with van der Waals surface area (Å²) in [7, 11) is 0. The van der Waals surface area contributed by atoms with Crippen molar-refractivity contribution in [1.82, 2.24) is 9.88 Å². The van der Waals surface area contributed by atoms with Crippen LogP contribution in [-0.2, 0) is 6.54 Å². The SMILES string of the molecule is C=CCN(CC=C)Cc1sc(=O)[nH]c1-c1ccc(C)cc1C. The monoisotopic (exact) mass is 314 g/mol. The molecule has 0 saturated heterocycles. The Hall–Kier alpha value is -1.91. The summed E-state index contributed by atoms with van der Waals surface area (Å²) >= 11 is 1.28. The van der Waals surface area contributed by atoms with Crippen LogP contribution in [0.2, 0.25) is 0 Å². The molecule has 1 aromatic heterocycles. The van der Waals surface area contributed by atoms with Crippen LogP contribution in [0.4, 0.5) is 0 Å². The second-order valence-electron chi connectivity index (χ2n) is 5.40. The van der Waals surface area contributed by atoms with Crippen LogP contribution in [0.25, 0.3) is 11.3 Å². The van der Waals surface area contributed by atoms with E-state index in [0.717, 1.165) is 29.2 Å². The number of benzene rings is 1. The third-order valence-electron chi connectivity index (χ3n) is 3.51. The molecule has 116 valence electrons. The summed E-state index contributed by atoms with van der Waals surface area (Å²) in [6.07, 6.45) is 3.74. The van der Waals surface area contributed by atoms with E-state index in [1.54, 1.807) is 0 Å². The number of aryl methyl sites for hydroxylation is 2. The molecule has 0 aliphatic carbocycles. The molecule has 0 fully saturated rings. The van der Waals surface area contributed by atoms with Crippen LogP contribution >= 0.6 is 11.3 Å².